The van der Waals surface area contributed by atoms with E-state index >= 15 is 0 Å². The van der Waals surface area contributed by atoms with E-state index in [-0.39, 0.29) is 0 Å². The van der Waals surface area contributed by atoms with Crippen LogP contribution in [-0.4, -0.2) is 29.8 Å². The lowest BCUT2D eigenvalue weighted by Crippen LogP contribution is -2.20. The summed E-state index contributed by atoms with van der Waals surface area (Å²) in [6.45, 7) is 9.36. The van der Waals surface area contributed by atoms with Gasteiger partial charge in [-0.15, -0.1) is 6.58 Å². The molecule has 0 radical (unpaired) electrons. The Morgan fingerprint density at radius 2 is 2.26 bits per heavy atom. The molecule has 0 fully saturated rings. The molecule has 0 bridgehead atoms. The van der Waals surface area contributed by atoms with Crippen molar-refractivity contribution < 1.29 is 4.74 Å². The van der Waals surface area contributed by atoms with Crippen LogP contribution in [0.4, 0.5) is 0 Å². The second kappa shape index (κ2) is 9.75. The molecule has 0 amide bonds. The third kappa shape index (κ3) is 6.03. The van der Waals surface area contributed by atoms with Crippen LogP contribution in [0.1, 0.15) is 37.2 Å². The molecule has 0 aliphatic carbocycles. The largest absolute Gasteiger partial charge is 0.383 e. The number of aryl methyl sites for hydroxylation is 1. The molecular formula is C15H27N3O. The smallest absolute Gasteiger partial charge is 0.105 e. The van der Waals surface area contributed by atoms with Gasteiger partial charge < -0.3 is 14.6 Å². The third-order valence-electron chi connectivity index (χ3n) is 3.22. The maximum absolute atomic E-state index is 5.02. The fraction of sp³-hybridized carbons (Fsp3) is 0.667. The van der Waals surface area contributed by atoms with Crippen molar-refractivity contribution >= 4 is 0 Å². The highest BCUT2D eigenvalue weighted by atomic mass is 16.5. The maximum Gasteiger partial charge on any atom is 0.105 e. The van der Waals surface area contributed by atoms with E-state index in [2.05, 4.69) is 28.4 Å². The molecule has 19 heavy (non-hydrogen) atoms. The Bertz CT molecular complexity index is 360. The van der Waals surface area contributed by atoms with Gasteiger partial charge in [0.15, 0.2) is 0 Å². The summed E-state index contributed by atoms with van der Waals surface area (Å²) in [7, 11) is 1.72. The topological polar surface area (TPSA) is 39.1 Å². The summed E-state index contributed by atoms with van der Waals surface area (Å²) in [5.41, 5.74) is 1.26. The summed E-state index contributed by atoms with van der Waals surface area (Å²) in [5, 5.41) is 3.37. The Labute approximate surface area is 116 Å². The number of hydrogen-bond acceptors (Lipinski definition) is 3. The van der Waals surface area contributed by atoms with Crippen molar-refractivity contribution in [2.45, 2.75) is 45.7 Å². The quantitative estimate of drug-likeness (QED) is 0.494. The van der Waals surface area contributed by atoms with Gasteiger partial charge in [0, 0.05) is 32.9 Å². The number of unbranched alkanes of at least 4 members (excludes halogenated alkanes) is 3. The molecule has 1 N–H and O–H groups in total. The number of rotatable bonds is 11. The number of imidazole rings is 1. The van der Waals surface area contributed by atoms with Crippen LogP contribution in [0.2, 0.25) is 0 Å². The second-order valence-corrected chi connectivity index (χ2v) is 4.76. The minimum Gasteiger partial charge on any atom is -0.383 e. The minimum atomic E-state index is 0.745. The van der Waals surface area contributed by atoms with E-state index in [0.717, 1.165) is 38.5 Å². The highest BCUT2D eigenvalue weighted by Crippen LogP contribution is 2.09. The molecule has 0 saturated carbocycles. The minimum absolute atomic E-state index is 0.745. The maximum atomic E-state index is 5.02. The normalized spacial score (nSPS) is 10.8. The Kier molecular flexibility index (Phi) is 8.18. The number of ether oxygens (including phenoxy) is 1. The lowest BCUT2D eigenvalue weighted by molar-refractivity contribution is 0.199. The van der Waals surface area contributed by atoms with Crippen LogP contribution in [0.3, 0.4) is 0 Å². The first-order chi connectivity index (χ1) is 9.29. The Balaban J connectivity index is 2.34. The van der Waals surface area contributed by atoms with Gasteiger partial charge in [0.1, 0.15) is 5.82 Å². The predicted octanol–water partition coefficient (Wildman–Crippen LogP) is 2.67. The molecule has 4 heteroatoms. The van der Waals surface area contributed by atoms with Gasteiger partial charge >= 0.3 is 0 Å². The van der Waals surface area contributed by atoms with Crippen LogP contribution in [0.15, 0.2) is 18.9 Å². The number of methoxy groups -OCH3 is 1. The molecular weight excluding hydrogens is 238 g/mol. The molecule has 1 rings (SSSR count). The predicted molar refractivity (Wildman–Crippen MR) is 79.2 cm³/mol. The van der Waals surface area contributed by atoms with E-state index in [1.54, 1.807) is 7.11 Å². The first-order valence-corrected chi connectivity index (χ1v) is 7.11. The van der Waals surface area contributed by atoms with Gasteiger partial charge in [-0.2, -0.15) is 0 Å². The fourth-order valence-corrected chi connectivity index (χ4v) is 2.09. The molecule has 0 aliphatic rings. The summed E-state index contributed by atoms with van der Waals surface area (Å²) in [5.74, 6) is 1.10. The molecule has 108 valence electrons. The Hall–Kier alpha value is -1.13. The van der Waals surface area contributed by atoms with Gasteiger partial charge in [0.05, 0.1) is 12.3 Å². The van der Waals surface area contributed by atoms with Crippen LogP contribution in [0.25, 0.3) is 0 Å². The van der Waals surface area contributed by atoms with E-state index < -0.39 is 0 Å². The molecule has 4 nitrogen and oxygen atoms in total. The molecule has 0 aliphatic heterocycles. The number of nitrogens with one attached hydrogen (secondary N) is 1. The van der Waals surface area contributed by atoms with Gasteiger partial charge in [0.2, 0.25) is 0 Å². The van der Waals surface area contributed by atoms with Crippen molar-refractivity contribution in [1.29, 1.82) is 0 Å². The number of hydrogen-bond donors (Lipinski definition) is 1. The number of nitrogens with zero attached hydrogens (tertiary/aromatic N) is 2. The second-order valence-electron chi connectivity index (χ2n) is 4.76. The van der Waals surface area contributed by atoms with Gasteiger partial charge in [-0.25, -0.2) is 4.98 Å². The lowest BCUT2D eigenvalue weighted by Gasteiger charge is -2.11. The summed E-state index contributed by atoms with van der Waals surface area (Å²) in [4.78, 5) is 4.41. The molecule has 1 heterocycles. The third-order valence-corrected chi connectivity index (χ3v) is 3.22. The van der Waals surface area contributed by atoms with E-state index in [1.165, 1.54) is 25.0 Å². The summed E-state index contributed by atoms with van der Waals surface area (Å²) in [6, 6.07) is 0. The zero-order valence-corrected chi connectivity index (χ0v) is 12.3. The van der Waals surface area contributed by atoms with Crippen molar-refractivity contribution in [3.8, 4) is 0 Å². The van der Waals surface area contributed by atoms with Gasteiger partial charge in [-0.3, -0.25) is 0 Å². The van der Waals surface area contributed by atoms with Gasteiger partial charge in [0.25, 0.3) is 0 Å². The number of aromatic nitrogens is 2. The first-order valence-electron chi connectivity index (χ1n) is 7.11. The van der Waals surface area contributed by atoms with Crippen molar-refractivity contribution in [1.82, 2.24) is 14.9 Å². The summed E-state index contributed by atoms with van der Waals surface area (Å²) < 4.78 is 7.34. The molecule has 1 aromatic heterocycles. The lowest BCUT2D eigenvalue weighted by atomic mass is 10.2. The van der Waals surface area contributed by atoms with Crippen LogP contribution in [0.5, 0.6) is 0 Å². The van der Waals surface area contributed by atoms with Crippen LogP contribution in [0, 0.1) is 6.92 Å². The van der Waals surface area contributed by atoms with E-state index in [0.29, 0.717) is 0 Å². The van der Waals surface area contributed by atoms with Crippen molar-refractivity contribution in [2.75, 3.05) is 20.3 Å². The van der Waals surface area contributed by atoms with Crippen molar-refractivity contribution in [2.24, 2.45) is 0 Å². The standard InChI is InChI=1S/C15H27N3O/c1-4-5-6-7-8-10-18-14(2)17-13-15(18)12-16-9-11-19-3/h4,13,16H,1,5-12H2,2-3H3. The highest BCUT2D eigenvalue weighted by molar-refractivity contribution is 5.04. The molecule has 0 saturated heterocycles. The van der Waals surface area contributed by atoms with Crippen molar-refractivity contribution in [3.63, 3.8) is 0 Å². The van der Waals surface area contributed by atoms with Crippen LogP contribution >= 0.6 is 0 Å². The molecule has 0 spiro atoms. The SMILES string of the molecule is C=CCCCCCn1c(CNCCOC)cnc1C. The fourth-order valence-electron chi connectivity index (χ4n) is 2.09. The van der Waals surface area contributed by atoms with Gasteiger partial charge in [-0.05, 0) is 26.2 Å². The van der Waals surface area contributed by atoms with Crippen LogP contribution < -0.4 is 5.32 Å². The molecule has 0 atom stereocenters. The summed E-state index contributed by atoms with van der Waals surface area (Å²) >= 11 is 0. The molecule has 0 unspecified atom stereocenters. The highest BCUT2D eigenvalue weighted by Gasteiger charge is 2.05. The van der Waals surface area contributed by atoms with Gasteiger partial charge in [-0.1, -0.05) is 12.5 Å². The zero-order chi connectivity index (χ0) is 13.9. The Morgan fingerprint density at radius 1 is 1.42 bits per heavy atom. The average molecular weight is 265 g/mol. The van der Waals surface area contributed by atoms with Crippen LogP contribution in [-0.2, 0) is 17.8 Å². The van der Waals surface area contributed by atoms with Crippen molar-refractivity contribution in [3.05, 3.63) is 30.4 Å². The average Bonchev–Trinajstić information content (AvgIpc) is 2.76. The van der Waals surface area contributed by atoms with E-state index in [1.807, 2.05) is 12.3 Å². The molecule has 1 aromatic rings. The van der Waals surface area contributed by atoms with E-state index in [4.69, 9.17) is 4.74 Å². The van der Waals surface area contributed by atoms with E-state index in [9.17, 15) is 0 Å². The monoisotopic (exact) mass is 265 g/mol. The molecule has 0 aromatic carbocycles. The Morgan fingerprint density at radius 3 is 3.00 bits per heavy atom. The number of allylic oxidation sites excluding steroid dienone is 1. The zero-order valence-electron chi connectivity index (χ0n) is 12.3. The first kappa shape index (κ1) is 15.9. The summed E-state index contributed by atoms with van der Waals surface area (Å²) in [6.07, 6.45) is 8.77.